The van der Waals surface area contributed by atoms with E-state index in [1.807, 2.05) is 29.2 Å². The zero-order chi connectivity index (χ0) is 21.7. The van der Waals surface area contributed by atoms with Crippen molar-refractivity contribution in [1.82, 2.24) is 19.8 Å². The normalized spacial score (nSPS) is 19.8. The van der Waals surface area contributed by atoms with Gasteiger partial charge in [0.15, 0.2) is 6.29 Å². The molecule has 1 heterocycles. The Bertz CT molecular complexity index is 821. The van der Waals surface area contributed by atoms with Gasteiger partial charge in [-0.05, 0) is 25.0 Å². The predicted molar refractivity (Wildman–Crippen MR) is 108 cm³/mol. The lowest BCUT2D eigenvalue weighted by Crippen LogP contribution is -2.56. The molecular formula is C20H28N4O6. The number of nitrogens with one attached hydrogen (secondary N) is 1. The average molecular weight is 420 g/mol. The Hall–Kier alpha value is -2.53. The van der Waals surface area contributed by atoms with Crippen LogP contribution in [0.3, 0.4) is 0 Å². The summed E-state index contributed by atoms with van der Waals surface area (Å²) < 4.78 is 0. The third-order valence-corrected chi connectivity index (χ3v) is 5.50. The molecule has 0 amide bonds. The molecule has 2 atom stereocenters. The first-order valence-electron chi connectivity index (χ1n) is 10.0. The first kappa shape index (κ1) is 22.2. The largest absolute Gasteiger partial charge is 0.480 e. The van der Waals surface area contributed by atoms with E-state index in [2.05, 4.69) is 9.97 Å². The number of aromatic amines is 1. The first-order chi connectivity index (χ1) is 14.3. The van der Waals surface area contributed by atoms with Gasteiger partial charge in [-0.25, -0.2) is 4.98 Å². The number of benzene rings is 1. The van der Waals surface area contributed by atoms with E-state index >= 15 is 0 Å². The molecule has 1 aromatic heterocycles. The van der Waals surface area contributed by atoms with Crippen LogP contribution in [-0.4, -0.2) is 90.1 Å². The lowest BCUT2D eigenvalue weighted by Gasteiger charge is -2.44. The lowest BCUT2D eigenvalue weighted by atomic mass is 9.87. The Labute approximate surface area is 173 Å². The topological polar surface area (TPSA) is 150 Å². The van der Waals surface area contributed by atoms with Crippen molar-refractivity contribution < 1.29 is 30.0 Å². The van der Waals surface area contributed by atoms with E-state index in [0.717, 1.165) is 23.9 Å². The second-order valence-electron chi connectivity index (χ2n) is 7.72. The molecule has 1 aromatic carbocycles. The molecule has 1 fully saturated rings. The van der Waals surface area contributed by atoms with E-state index in [1.54, 1.807) is 0 Å². The number of imidazole rings is 1. The van der Waals surface area contributed by atoms with E-state index in [9.17, 15) is 30.0 Å². The minimum absolute atomic E-state index is 0.0494. The van der Waals surface area contributed by atoms with Gasteiger partial charge in [0.2, 0.25) is 0 Å². The number of aliphatic carboxylic acids is 2. The Kier molecular flexibility index (Phi) is 7.38. The van der Waals surface area contributed by atoms with Crippen molar-refractivity contribution in [3.05, 3.63) is 30.1 Å². The van der Waals surface area contributed by atoms with Gasteiger partial charge < -0.3 is 25.4 Å². The number of carboxylic acids is 2. The van der Waals surface area contributed by atoms with Crippen LogP contribution in [0.15, 0.2) is 24.3 Å². The Morgan fingerprint density at radius 1 is 1.03 bits per heavy atom. The number of hydrogen-bond acceptors (Lipinski definition) is 7. The number of hydrogen-bond donors (Lipinski definition) is 5. The fourth-order valence-corrected chi connectivity index (χ4v) is 4.38. The van der Waals surface area contributed by atoms with E-state index < -0.39 is 18.2 Å². The standard InChI is InChI=1S/C20H28N4O6/c25-18(26)10-23(9-17-21-13-5-1-2-6-14(13)22-17)15-7-3-4-8-16(15)24(11-19(27)28)12-20(29)30/h1-2,5-6,15-16,18,25-26H,3-4,7-12H2,(H,21,22)(H,27,28)(H,29,30)/t15-,16?/m0/s1. The molecule has 3 rings (SSSR count). The van der Waals surface area contributed by atoms with Crippen LogP contribution < -0.4 is 0 Å². The Morgan fingerprint density at radius 2 is 1.63 bits per heavy atom. The quantitative estimate of drug-likeness (QED) is 0.345. The Morgan fingerprint density at radius 3 is 2.20 bits per heavy atom. The van der Waals surface area contributed by atoms with Crippen LogP contribution in [0, 0.1) is 0 Å². The van der Waals surface area contributed by atoms with Crippen LogP contribution in [0.4, 0.5) is 0 Å². The minimum Gasteiger partial charge on any atom is -0.480 e. The molecule has 164 valence electrons. The van der Waals surface area contributed by atoms with E-state index in [-0.39, 0.29) is 31.7 Å². The highest BCUT2D eigenvalue weighted by molar-refractivity contribution is 5.74. The maximum Gasteiger partial charge on any atom is 0.317 e. The van der Waals surface area contributed by atoms with E-state index in [1.165, 1.54) is 4.90 Å². The van der Waals surface area contributed by atoms with Crippen molar-refractivity contribution in [3.8, 4) is 0 Å². The second-order valence-corrected chi connectivity index (χ2v) is 7.72. The fraction of sp³-hybridized carbons (Fsp3) is 0.550. The number of nitrogens with zero attached hydrogens (tertiary/aromatic N) is 3. The number of para-hydroxylation sites is 2. The number of carboxylic acid groups (broad SMARTS) is 2. The van der Waals surface area contributed by atoms with Crippen LogP contribution in [0.1, 0.15) is 31.5 Å². The number of aliphatic hydroxyl groups excluding tert-OH is 1. The number of rotatable bonds is 10. The molecule has 5 N–H and O–H groups in total. The van der Waals surface area contributed by atoms with Gasteiger partial charge in [-0.2, -0.15) is 0 Å². The highest BCUT2D eigenvalue weighted by Gasteiger charge is 2.36. The molecule has 10 nitrogen and oxygen atoms in total. The predicted octanol–water partition coefficient (Wildman–Crippen LogP) is 0.458. The molecule has 0 bridgehead atoms. The molecule has 0 spiro atoms. The molecule has 1 saturated carbocycles. The summed E-state index contributed by atoms with van der Waals surface area (Å²) in [6, 6.07) is 7.01. The summed E-state index contributed by atoms with van der Waals surface area (Å²) in [5, 5.41) is 37.9. The average Bonchev–Trinajstić information content (AvgIpc) is 3.08. The van der Waals surface area contributed by atoms with Gasteiger partial charge >= 0.3 is 11.9 Å². The van der Waals surface area contributed by atoms with E-state index in [0.29, 0.717) is 25.2 Å². The maximum atomic E-state index is 11.3. The number of aromatic nitrogens is 2. The highest BCUT2D eigenvalue weighted by atomic mass is 16.5. The van der Waals surface area contributed by atoms with Crippen LogP contribution >= 0.6 is 0 Å². The summed E-state index contributed by atoms with van der Waals surface area (Å²) in [5.41, 5.74) is 1.67. The zero-order valence-corrected chi connectivity index (χ0v) is 16.6. The van der Waals surface area contributed by atoms with Gasteiger partial charge in [0.1, 0.15) is 5.82 Å². The molecule has 0 aliphatic heterocycles. The molecule has 10 heteroatoms. The smallest absolute Gasteiger partial charge is 0.317 e. The van der Waals surface area contributed by atoms with Gasteiger partial charge in [-0.3, -0.25) is 19.4 Å². The number of carbonyl (C=O) groups is 2. The van der Waals surface area contributed by atoms with Gasteiger partial charge in [0.25, 0.3) is 0 Å². The molecule has 30 heavy (non-hydrogen) atoms. The molecule has 1 aliphatic carbocycles. The minimum atomic E-state index is -1.58. The van der Waals surface area contributed by atoms with Crippen molar-refractivity contribution in [3.63, 3.8) is 0 Å². The van der Waals surface area contributed by atoms with Gasteiger partial charge in [0.05, 0.1) is 30.7 Å². The molecule has 0 saturated heterocycles. The van der Waals surface area contributed by atoms with Gasteiger partial charge in [0, 0.05) is 18.6 Å². The highest BCUT2D eigenvalue weighted by Crippen LogP contribution is 2.28. The van der Waals surface area contributed by atoms with Crippen molar-refractivity contribution in [2.24, 2.45) is 0 Å². The van der Waals surface area contributed by atoms with Crippen LogP contribution in [-0.2, 0) is 16.1 Å². The van der Waals surface area contributed by atoms with Crippen molar-refractivity contribution in [2.45, 2.75) is 50.6 Å². The van der Waals surface area contributed by atoms with Gasteiger partial charge in [-0.15, -0.1) is 0 Å². The maximum absolute atomic E-state index is 11.3. The van der Waals surface area contributed by atoms with Crippen LogP contribution in [0.5, 0.6) is 0 Å². The third-order valence-electron chi connectivity index (χ3n) is 5.50. The number of H-pyrrole nitrogens is 1. The summed E-state index contributed by atoms with van der Waals surface area (Å²) >= 11 is 0. The lowest BCUT2D eigenvalue weighted by molar-refractivity contribution is -0.144. The fourth-order valence-electron chi connectivity index (χ4n) is 4.38. The summed E-state index contributed by atoms with van der Waals surface area (Å²) in [7, 11) is 0. The van der Waals surface area contributed by atoms with Crippen LogP contribution in [0.2, 0.25) is 0 Å². The molecule has 1 aliphatic rings. The van der Waals surface area contributed by atoms with Crippen molar-refractivity contribution in [2.75, 3.05) is 19.6 Å². The molecule has 0 radical (unpaired) electrons. The van der Waals surface area contributed by atoms with Crippen LogP contribution in [0.25, 0.3) is 11.0 Å². The number of fused-ring (bicyclic) bond motifs is 1. The molecule has 2 aromatic rings. The Balaban J connectivity index is 1.86. The monoisotopic (exact) mass is 420 g/mol. The third kappa shape index (κ3) is 5.76. The summed E-state index contributed by atoms with van der Waals surface area (Å²) in [6.07, 6.45) is 1.52. The SMILES string of the molecule is O=C(O)CN(CC(=O)O)C1CCCC[C@@H]1N(Cc1nc2ccccc2[nH]1)CC(O)O. The molecular weight excluding hydrogens is 392 g/mol. The van der Waals surface area contributed by atoms with Crippen molar-refractivity contribution >= 4 is 23.0 Å². The summed E-state index contributed by atoms with van der Waals surface area (Å²) in [5.74, 6) is -1.53. The molecule has 1 unspecified atom stereocenters. The van der Waals surface area contributed by atoms with E-state index in [4.69, 9.17) is 0 Å². The van der Waals surface area contributed by atoms with Gasteiger partial charge in [-0.1, -0.05) is 25.0 Å². The second kappa shape index (κ2) is 9.98. The first-order valence-corrected chi connectivity index (χ1v) is 10.0. The van der Waals surface area contributed by atoms with Crippen molar-refractivity contribution in [1.29, 1.82) is 0 Å². The zero-order valence-electron chi connectivity index (χ0n) is 16.6. The summed E-state index contributed by atoms with van der Waals surface area (Å²) in [6.45, 7) is -0.505. The number of aliphatic hydroxyl groups is 2. The summed E-state index contributed by atoms with van der Waals surface area (Å²) in [4.78, 5) is 33.8.